The quantitative estimate of drug-likeness (QED) is 0.424. The molecule has 10 heteroatoms. The molecule has 0 aliphatic carbocycles. The lowest BCUT2D eigenvalue weighted by atomic mass is 9.78. The van der Waals surface area contributed by atoms with Gasteiger partial charge in [-0.05, 0) is 18.6 Å². The first-order valence-corrected chi connectivity index (χ1v) is 6.72. The average molecular weight is 320 g/mol. The fourth-order valence-electron chi connectivity index (χ4n) is 2.71. The molecule has 1 fully saturated rings. The van der Waals surface area contributed by atoms with Gasteiger partial charge in [-0.3, -0.25) is 29.4 Å². The van der Waals surface area contributed by atoms with Crippen molar-refractivity contribution in [2.45, 2.75) is 18.9 Å². The molecule has 0 spiro atoms. The Morgan fingerprint density at radius 2 is 1.74 bits per heavy atom. The fourth-order valence-corrected chi connectivity index (χ4v) is 2.71. The fraction of sp³-hybridized carbons (Fsp3) is 0.231. The van der Waals surface area contributed by atoms with Crippen LogP contribution in [0.2, 0.25) is 0 Å². The van der Waals surface area contributed by atoms with E-state index in [1.54, 1.807) is 0 Å². The molecule has 0 radical (unpaired) electrons. The summed E-state index contributed by atoms with van der Waals surface area (Å²) in [5, 5.41) is 20.2. The van der Waals surface area contributed by atoms with Crippen molar-refractivity contribution in [2.24, 2.45) is 0 Å². The molecule has 2 aliphatic heterocycles. The van der Waals surface area contributed by atoms with E-state index in [2.05, 4.69) is 0 Å². The summed E-state index contributed by atoms with van der Waals surface area (Å²) < 4.78 is 13.8. The first-order valence-electron chi connectivity index (χ1n) is 6.72. The second-order valence-electron chi connectivity index (χ2n) is 5.24. The number of fused-ring (bicyclic) bond motifs is 1. The highest BCUT2D eigenvalue weighted by Crippen LogP contribution is 2.27. The van der Waals surface area contributed by atoms with Crippen LogP contribution in [0.4, 0.5) is 4.39 Å². The molecule has 1 atom stereocenters. The Bertz CT molecular complexity index is 765. The Morgan fingerprint density at radius 1 is 1.13 bits per heavy atom. The van der Waals surface area contributed by atoms with E-state index in [0.29, 0.717) is 4.90 Å². The van der Waals surface area contributed by atoms with Gasteiger partial charge in [0.2, 0.25) is 11.8 Å². The molecule has 1 aromatic rings. The Labute approximate surface area is 129 Å². The largest absolute Gasteiger partial charge is 0.491 e. The summed E-state index contributed by atoms with van der Waals surface area (Å²) in [6.45, 7) is 0. The van der Waals surface area contributed by atoms with Crippen LogP contribution in [0.25, 0.3) is 0 Å². The molecule has 1 saturated heterocycles. The predicted octanol–water partition coefficient (Wildman–Crippen LogP) is -2.09. The lowest BCUT2D eigenvalue weighted by Crippen LogP contribution is -2.54. The van der Waals surface area contributed by atoms with E-state index < -0.39 is 48.1 Å². The third-order valence-corrected chi connectivity index (χ3v) is 3.84. The van der Waals surface area contributed by atoms with Gasteiger partial charge in [-0.15, -0.1) is 0 Å². The first-order chi connectivity index (χ1) is 10.8. The normalized spacial score (nSPS) is 20.7. The summed E-state index contributed by atoms with van der Waals surface area (Å²) in [7, 11) is -2.15. The number of hydrogen-bond donors (Lipinski definition) is 3. The number of benzene rings is 1. The molecule has 2 aliphatic rings. The van der Waals surface area contributed by atoms with Crippen LogP contribution >= 0.6 is 0 Å². The molecule has 118 valence electrons. The van der Waals surface area contributed by atoms with Gasteiger partial charge in [-0.1, -0.05) is 0 Å². The second kappa shape index (κ2) is 5.25. The van der Waals surface area contributed by atoms with Gasteiger partial charge in [-0.25, -0.2) is 4.39 Å². The number of carbonyl (C=O) groups is 4. The molecule has 23 heavy (non-hydrogen) atoms. The molecular weight excluding hydrogens is 310 g/mol. The molecular formula is C13H10BFN2O6. The maximum Gasteiger partial charge on any atom is 0.491 e. The Balaban J connectivity index is 2.01. The summed E-state index contributed by atoms with van der Waals surface area (Å²) >= 11 is 0. The van der Waals surface area contributed by atoms with E-state index in [4.69, 9.17) is 10.0 Å². The van der Waals surface area contributed by atoms with Crippen molar-refractivity contribution >= 4 is 36.2 Å². The monoisotopic (exact) mass is 320 g/mol. The number of rotatable bonds is 2. The number of halogens is 1. The van der Waals surface area contributed by atoms with Gasteiger partial charge < -0.3 is 10.0 Å². The molecule has 2 heterocycles. The zero-order valence-electron chi connectivity index (χ0n) is 11.6. The van der Waals surface area contributed by atoms with E-state index in [1.165, 1.54) is 0 Å². The highest BCUT2D eigenvalue weighted by molar-refractivity contribution is 6.59. The number of nitrogens with zero attached hydrogens (tertiary/aromatic N) is 1. The maximum absolute atomic E-state index is 13.8. The number of amides is 4. The first kappa shape index (κ1) is 15.3. The van der Waals surface area contributed by atoms with E-state index in [9.17, 15) is 23.6 Å². The lowest BCUT2D eigenvalue weighted by molar-refractivity contribution is -0.136. The number of piperidine rings is 1. The summed E-state index contributed by atoms with van der Waals surface area (Å²) in [5.74, 6) is -4.04. The minimum atomic E-state index is -2.15. The molecule has 8 nitrogen and oxygen atoms in total. The molecule has 4 amide bonds. The number of imide groups is 2. The number of hydrogen-bond acceptors (Lipinski definition) is 6. The molecule has 0 bridgehead atoms. The molecule has 3 N–H and O–H groups in total. The topological polar surface area (TPSA) is 124 Å². The summed E-state index contributed by atoms with van der Waals surface area (Å²) in [5.41, 5.74) is -1.03. The number of nitrogens with one attached hydrogen (secondary N) is 1. The highest BCUT2D eigenvalue weighted by atomic mass is 19.1. The van der Waals surface area contributed by atoms with Gasteiger partial charge in [0.1, 0.15) is 11.9 Å². The minimum absolute atomic E-state index is 0.0197. The van der Waals surface area contributed by atoms with Crippen molar-refractivity contribution < 1.29 is 33.6 Å². The Kier molecular flexibility index (Phi) is 3.50. The van der Waals surface area contributed by atoms with Crippen molar-refractivity contribution in [3.63, 3.8) is 0 Å². The van der Waals surface area contributed by atoms with Crippen molar-refractivity contribution in [3.05, 3.63) is 29.1 Å². The van der Waals surface area contributed by atoms with E-state index in [-0.39, 0.29) is 24.0 Å². The minimum Gasteiger partial charge on any atom is -0.423 e. The van der Waals surface area contributed by atoms with Gasteiger partial charge in [0.25, 0.3) is 11.8 Å². The number of carbonyl (C=O) groups excluding carboxylic acids is 4. The standard InChI is InChI=1S/C13H10BFN2O6/c15-8-4-6-5(3-7(8)14(22)23)12(20)17(13(6)21)9-1-2-10(18)16-11(9)19/h3-4,9,22-23H,1-2H2,(H,16,18,19). The molecule has 1 aromatic carbocycles. The van der Waals surface area contributed by atoms with Crippen molar-refractivity contribution in [1.29, 1.82) is 0 Å². The second-order valence-corrected chi connectivity index (χ2v) is 5.24. The summed E-state index contributed by atoms with van der Waals surface area (Å²) in [6, 6.07) is 0.447. The SMILES string of the molecule is O=C1CCC(N2C(=O)c3cc(F)c(B(O)O)cc3C2=O)C(=O)N1. The molecule has 0 saturated carbocycles. The Morgan fingerprint density at radius 3 is 2.30 bits per heavy atom. The average Bonchev–Trinajstić information content (AvgIpc) is 2.70. The molecule has 3 rings (SSSR count). The van der Waals surface area contributed by atoms with Crippen molar-refractivity contribution in [3.8, 4) is 0 Å². The van der Waals surface area contributed by atoms with Crippen LogP contribution in [-0.4, -0.2) is 51.7 Å². The zero-order chi connectivity index (χ0) is 16.9. The van der Waals surface area contributed by atoms with E-state index in [1.807, 2.05) is 5.32 Å². The van der Waals surface area contributed by atoms with Gasteiger partial charge in [-0.2, -0.15) is 0 Å². The third kappa shape index (κ3) is 2.32. The predicted molar refractivity (Wildman–Crippen MR) is 72.9 cm³/mol. The van der Waals surface area contributed by atoms with Crippen LogP contribution < -0.4 is 10.8 Å². The van der Waals surface area contributed by atoms with Gasteiger partial charge in [0.15, 0.2) is 0 Å². The smallest absolute Gasteiger partial charge is 0.423 e. The van der Waals surface area contributed by atoms with E-state index in [0.717, 1.165) is 12.1 Å². The summed E-state index contributed by atoms with van der Waals surface area (Å²) in [6.07, 6.45) is -0.0487. The van der Waals surface area contributed by atoms with Gasteiger partial charge >= 0.3 is 7.12 Å². The maximum atomic E-state index is 13.8. The van der Waals surface area contributed by atoms with Crippen LogP contribution in [0.15, 0.2) is 12.1 Å². The van der Waals surface area contributed by atoms with Crippen LogP contribution in [0.1, 0.15) is 33.6 Å². The van der Waals surface area contributed by atoms with Gasteiger partial charge in [0.05, 0.1) is 11.1 Å². The summed E-state index contributed by atoms with van der Waals surface area (Å²) in [4.78, 5) is 48.4. The highest BCUT2D eigenvalue weighted by Gasteiger charge is 2.45. The van der Waals surface area contributed by atoms with Crippen LogP contribution in [0.5, 0.6) is 0 Å². The van der Waals surface area contributed by atoms with Gasteiger partial charge in [0, 0.05) is 11.9 Å². The van der Waals surface area contributed by atoms with Crippen LogP contribution in [-0.2, 0) is 9.59 Å². The zero-order valence-corrected chi connectivity index (χ0v) is 11.6. The van der Waals surface area contributed by atoms with E-state index >= 15 is 0 Å². The Hall–Kier alpha value is -2.59. The molecule has 1 unspecified atom stereocenters. The van der Waals surface area contributed by atoms with Crippen LogP contribution in [0, 0.1) is 5.82 Å². The van der Waals surface area contributed by atoms with Crippen LogP contribution in [0.3, 0.4) is 0 Å². The van der Waals surface area contributed by atoms with Crippen molar-refractivity contribution in [1.82, 2.24) is 10.2 Å². The third-order valence-electron chi connectivity index (χ3n) is 3.84. The molecule has 0 aromatic heterocycles. The lowest BCUT2D eigenvalue weighted by Gasteiger charge is -2.27. The van der Waals surface area contributed by atoms with Crippen molar-refractivity contribution in [2.75, 3.05) is 0 Å².